The number of benzene rings is 1. The number of halogens is 3. The Hall–Kier alpha value is -2.13. The lowest BCUT2D eigenvalue weighted by Gasteiger charge is -2.40. The second-order valence-electron chi connectivity index (χ2n) is 10.00. The minimum Gasteiger partial charge on any atom is -0.343 e. The van der Waals surface area contributed by atoms with E-state index in [1.54, 1.807) is 26.1 Å². The molecule has 34 heavy (non-hydrogen) atoms. The predicted octanol–water partition coefficient (Wildman–Crippen LogP) is 2.82. The Labute approximate surface area is 199 Å². The summed E-state index contributed by atoms with van der Waals surface area (Å²) in [4.78, 5) is 30.3. The van der Waals surface area contributed by atoms with Gasteiger partial charge in [0.05, 0.1) is 11.6 Å². The lowest BCUT2D eigenvalue weighted by atomic mass is 9.90. The average Bonchev–Trinajstić information content (AvgIpc) is 3.10. The van der Waals surface area contributed by atoms with Crippen LogP contribution in [0.5, 0.6) is 0 Å². The Kier molecular flexibility index (Phi) is 7.52. The summed E-state index contributed by atoms with van der Waals surface area (Å²) < 4.78 is 38.4. The summed E-state index contributed by atoms with van der Waals surface area (Å²) in [6.07, 6.45) is 0.960. The number of alkyl halides is 3. The van der Waals surface area contributed by atoms with Crippen molar-refractivity contribution in [3.05, 3.63) is 35.4 Å². The zero-order valence-electron chi connectivity index (χ0n) is 19.9. The van der Waals surface area contributed by atoms with Gasteiger partial charge in [-0.15, -0.1) is 0 Å². The Morgan fingerprint density at radius 1 is 1.18 bits per heavy atom. The topological polar surface area (TPSA) is 64.7 Å². The van der Waals surface area contributed by atoms with Gasteiger partial charge < -0.3 is 20.4 Å². The molecule has 1 aromatic rings. The largest absolute Gasteiger partial charge is 0.416 e. The number of amides is 2. The minimum atomic E-state index is -4.32. The van der Waals surface area contributed by atoms with Crippen LogP contribution in [0.15, 0.2) is 24.3 Å². The minimum absolute atomic E-state index is 0.0382. The zero-order chi connectivity index (χ0) is 24.5. The molecule has 0 aliphatic carbocycles. The molecule has 0 unspecified atom stereocenters. The van der Waals surface area contributed by atoms with E-state index in [9.17, 15) is 22.8 Å². The number of carbonyl (C=O) groups excluding carboxylic acids is 2. The number of rotatable bonds is 6. The van der Waals surface area contributed by atoms with Gasteiger partial charge in [0.15, 0.2) is 0 Å². The van der Waals surface area contributed by atoms with Crippen molar-refractivity contribution in [1.29, 1.82) is 0 Å². The van der Waals surface area contributed by atoms with E-state index < -0.39 is 17.8 Å². The Bertz CT molecular complexity index is 876. The summed E-state index contributed by atoms with van der Waals surface area (Å²) in [7, 11) is 1.72. The molecular weight excluding hydrogens is 445 g/mol. The molecule has 9 heteroatoms. The average molecular weight is 481 g/mol. The molecule has 4 rings (SSSR count). The van der Waals surface area contributed by atoms with E-state index in [2.05, 4.69) is 20.4 Å². The van der Waals surface area contributed by atoms with Gasteiger partial charge in [-0.3, -0.25) is 9.59 Å². The second kappa shape index (κ2) is 10.2. The van der Waals surface area contributed by atoms with Crippen molar-refractivity contribution in [2.75, 3.05) is 26.7 Å². The fraction of sp³-hybridized carbons (Fsp3) is 0.680. The fourth-order valence-corrected chi connectivity index (χ4v) is 5.74. The fourth-order valence-electron chi connectivity index (χ4n) is 5.74. The first-order valence-electron chi connectivity index (χ1n) is 12.4. The van der Waals surface area contributed by atoms with Crippen LogP contribution in [-0.2, 0) is 22.2 Å². The van der Waals surface area contributed by atoms with Gasteiger partial charge in [-0.1, -0.05) is 12.1 Å². The highest BCUT2D eigenvalue weighted by Crippen LogP contribution is 2.40. The maximum atomic E-state index is 13.5. The van der Waals surface area contributed by atoms with E-state index in [1.807, 2.05) is 0 Å². The van der Waals surface area contributed by atoms with Crippen LogP contribution in [0.4, 0.5) is 13.2 Å². The number of carbonyl (C=O) groups is 2. The molecule has 0 bridgehead atoms. The summed E-state index contributed by atoms with van der Waals surface area (Å²) in [6.45, 7) is 4.25. The molecule has 0 spiro atoms. The van der Waals surface area contributed by atoms with Crippen LogP contribution in [0.25, 0.3) is 0 Å². The van der Waals surface area contributed by atoms with E-state index in [4.69, 9.17) is 0 Å². The summed E-state index contributed by atoms with van der Waals surface area (Å²) in [5.74, 6) is 0.357. The number of likely N-dealkylation sites (tertiary alicyclic amines) is 1. The van der Waals surface area contributed by atoms with Crippen LogP contribution < -0.4 is 10.6 Å². The lowest BCUT2D eigenvalue weighted by Crippen LogP contribution is -2.57. The first-order valence-corrected chi connectivity index (χ1v) is 12.4. The molecule has 0 saturated carbocycles. The van der Waals surface area contributed by atoms with Crippen LogP contribution in [0.1, 0.15) is 50.2 Å². The van der Waals surface area contributed by atoms with Crippen LogP contribution in [0, 0.1) is 5.92 Å². The van der Waals surface area contributed by atoms with Crippen LogP contribution >= 0.6 is 0 Å². The van der Waals surface area contributed by atoms with Gasteiger partial charge in [0.2, 0.25) is 11.8 Å². The smallest absolute Gasteiger partial charge is 0.343 e. The van der Waals surface area contributed by atoms with E-state index >= 15 is 0 Å². The monoisotopic (exact) mass is 480 g/mol. The zero-order valence-corrected chi connectivity index (χ0v) is 19.9. The number of piperidine rings is 1. The van der Waals surface area contributed by atoms with Gasteiger partial charge in [0, 0.05) is 25.2 Å². The van der Waals surface area contributed by atoms with Crippen molar-refractivity contribution in [3.8, 4) is 0 Å². The molecule has 3 aliphatic heterocycles. The van der Waals surface area contributed by atoms with Gasteiger partial charge in [0.25, 0.3) is 0 Å². The third-order valence-corrected chi connectivity index (χ3v) is 7.85. The first-order chi connectivity index (χ1) is 16.2. The Morgan fingerprint density at radius 3 is 2.59 bits per heavy atom. The predicted molar refractivity (Wildman–Crippen MR) is 123 cm³/mol. The van der Waals surface area contributed by atoms with Crippen molar-refractivity contribution in [2.45, 2.75) is 75.8 Å². The maximum absolute atomic E-state index is 13.5. The lowest BCUT2D eigenvalue weighted by molar-refractivity contribution is -0.139. The summed E-state index contributed by atoms with van der Waals surface area (Å²) >= 11 is 0. The number of likely N-dealkylation sites (N-methyl/N-ethyl adjacent to an activating group) is 1. The van der Waals surface area contributed by atoms with E-state index in [1.165, 1.54) is 0 Å². The second-order valence-corrected chi connectivity index (χ2v) is 10.00. The molecule has 6 nitrogen and oxygen atoms in total. The molecule has 1 aromatic carbocycles. The van der Waals surface area contributed by atoms with Crippen molar-refractivity contribution in [1.82, 2.24) is 20.4 Å². The van der Waals surface area contributed by atoms with Gasteiger partial charge in [0.1, 0.15) is 6.04 Å². The summed E-state index contributed by atoms with van der Waals surface area (Å²) in [5, 5.41) is 5.87. The number of nitrogens with zero attached hydrogens (tertiary/aromatic N) is 2. The highest BCUT2D eigenvalue weighted by molar-refractivity contribution is 5.90. The van der Waals surface area contributed by atoms with E-state index in [0.717, 1.165) is 63.0 Å². The third kappa shape index (κ3) is 5.40. The molecule has 3 fully saturated rings. The quantitative estimate of drug-likeness (QED) is 0.657. The number of fused-ring (bicyclic) bond motifs is 3. The maximum Gasteiger partial charge on any atom is 0.416 e. The molecular formula is C25H35F3N4O2. The van der Waals surface area contributed by atoms with Gasteiger partial charge >= 0.3 is 6.18 Å². The van der Waals surface area contributed by atoms with Crippen LogP contribution in [-0.4, -0.2) is 72.5 Å². The molecule has 188 valence electrons. The molecule has 2 amide bonds. The molecule has 3 aliphatic rings. The normalized spacial score (nSPS) is 28.7. The summed E-state index contributed by atoms with van der Waals surface area (Å²) in [5.41, 5.74) is 0.256. The standard InChI is InChI=1S/C25H35F3N4O2/c1-16(29-2)23(33)30-21-5-3-4-20-14-18-11-13-31(15-22(18)32(20)24(21)34)12-10-17-6-8-19(9-7-17)25(26,27)28/h6-9,16,18,20-22,29H,3-5,10-15H2,1-2H3,(H,30,33)/t16-,18+,20-,21-,22+/m0/s1. The van der Waals surface area contributed by atoms with Crippen LogP contribution in [0.3, 0.4) is 0 Å². The highest BCUT2D eigenvalue weighted by atomic mass is 19.4. The molecule has 0 radical (unpaired) electrons. The number of hydrogen-bond donors (Lipinski definition) is 2. The van der Waals surface area contributed by atoms with Gasteiger partial charge in [-0.2, -0.15) is 13.2 Å². The van der Waals surface area contributed by atoms with E-state index in [-0.39, 0.29) is 29.9 Å². The van der Waals surface area contributed by atoms with Crippen molar-refractivity contribution >= 4 is 11.8 Å². The Morgan fingerprint density at radius 2 is 1.91 bits per heavy atom. The Balaban J connectivity index is 1.38. The highest BCUT2D eigenvalue weighted by Gasteiger charge is 2.48. The molecule has 5 atom stereocenters. The third-order valence-electron chi connectivity index (χ3n) is 7.85. The van der Waals surface area contributed by atoms with Crippen molar-refractivity contribution in [3.63, 3.8) is 0 Å². The first kappa shape index (κ1) is 25.0. The molecule has 3 heterocycles. The van der Waals surface area contributed by atoms with Gasteiger partial charge in [-0.25, -0.2) is 0 Å². The van der Waals surface area contributed by atoms with Crippen LogP contribution in [0.2, 0.25) is 0 Å². The molecule has 0 aromatic heterocycles. The van der Waals surface area contributed by atoms with Crippen molar-refractivity contribution < 1.29 is 22.8 Å². The van der Waals surface area contributed by atoms with Crippen molar-refractivity contribution in [2.24, 2.45) is 5.92 Å². The SMILES string of the molecule is CN[C@@H](C)C(=O)N[C@H]1CCC[C@H]2C[C@H]3CCN(CCc4ccc(C(F)(F)F)cc4)C[C@H]3N2C1=O. The molecule has 3 saturated heterocycles. The number of hydrogen-bond acceptors (Lipinski definition) is 4. The molecule has 2 N–H and O–H groups in total. The number of nitrogens with one attached hydrogen (secondary N) is 2. The summed E-state index contributed by atoms with van der Waals surface area (Å²) in [6, 6.07) is 4.94. The van der Waals surface area contributed by atoms with E-state index in [0.29, 0.717) is 18.8 Å². The van der Waals surface area contributed by atoms with Gasteiger partial charge in [-0.05, 0) is 82.7 Å².